The third kappa shape index (κ3) is 4.69. The Morgan fingerprint density at radius 3 is 2.54 bits per heavy atom. The molecule has 0 amide bonds. The van der Waals surface area contributed by atoms with Crippen LogP contribution in [0, 0.1) is 6.92 Å². The average molecular weight is 348 g/mol. The van der Waals surface area contributed by atoms with Gasteiger partial charge >= 0.3 is 0 Å². The number of nitrogens with one attached hydrogen (secondary N) is 2. The second-order valence-electron chi connectivity index (χ2n) is 5.99. The van der Waals surface area contributed by atoms with Gasteiger partial charge in [0.1, 0.15) is 6.33 Å². The number of aliphatic imine (C=N–C) groups is 1. The molecule has 1 heterocycles. The molecule has 3 aromatic rings. The van der Waals surface area contributed by atoms with E-state index in [2.05, 4.69) is 63.9 Å². The molecule has 0 saturated heterocycles. The Kier molecular flexibility index (Phi) is 5.98. The van der Waals surface area contributed by atoms with E-state index in [1.165, 1.54) is 11.1 Å². The topological polar surface area (TPSA) is 67.1 Å². The van der Waals surface area contributed by atoms with Gasteiger partial charge in [-0.05, 0) is 31.5 Å². The quantitative estimate of drug-likeness (QED) is 0.531. The molecule has 3 rings (SSSR count). The molecule has 0 saturated carbocycles. The van der Waals surface area contributed by atoms with Crippen molar-refractivity contribution in [1.29, 1.82) is 0 Å². The summed E-state index contributed by atoms with van der Waals surface area (Å²) in [6.07, 6.45) is 1.72. The van der Waals surface area contributed by atoms with Crippen LogP contribution in [0.25, 0.3) is 5.69 Å². The Bertz CT molecular complexity index is 836. The summed E-state index contributed by atoms with van der Waals surface area (Å²) < 4.78 is 1.97. The normalized spacial score (nSPS) is 11.4. The molecule has 6 nitrogen and oxygen atoms in total. The smallest absolute Gasteiger partial charge is 0.191 e. The third-order valence-corrected chi connectivity index (χ3v) is 3.95. The highest BCUT2D eigenvalue weighted by Gasteiger charge is 2.07. The zero-order chi connectivity index (χ0) is 18.2. The lowest BCUT2D eigenvalue weighted by Crippen LogP contribution is -2.37. The zero-order valence-electron chi connectivity index (χ0n) is 15.2. The van der Waals surface area contributed by atoms with E-state index in [4.69, 9.17) is 0 Å². The minimum atomic E-state index is 0.536. The summed E-state index contributed by atoms with van der Waals surface area (Å²) in [5.74, 6) is 1.59. The van der Waals surface area contributed by atoms with Crippen molar-refractivity contribution in [3.05, 3.63) is 77.9 Å². The van der Waals surface area contributed by atoms with E-state index in [9.17, 15) is 0 Å². The molecule has 26 heavy (non-hydrogen) atoms. The van der Waals surface area contributed by atoms with Crippen LogP contribution in [0.5, 0.6) is 0 Å². The number of hydrogen-bond donors (Lipinski definition) is 2. The lowest BCUT2D eigenvalue weighted by atomic mass is 10.1. The molecule has 0 atom stereocenters. The van der Waals surface area contributed by atoms with Crippen LogP contribution in [0.3, 0.4) is 0 Å². The van der Waals surface area contributed by atoms with Gasteiger partial charge in [-0.2, -0.15) is 0 Å². The molecule has 6 heteroatoms. The van der Waals surface area contributed by atoms with Gasteiger partial charge in [0.15, 0.2) is 11.8 Å². The predicted octanol–water partition coefficient (Wildman–Crippen LogP) is 2.83. The first-order chi connectivity index (χ1) is 12.8. The number of nitrogens with zero attached hydrogens (tertiary/aromatic N) is 4. The number of guanidine groups is 1. The fraction of sp³-hybridized carbons (Fsp3) is 0.250. The van der Waals surface area contributed by atoms with E-state index in [0.29, 0.717) is 13.1 Å². The Balaban J connectivity index is 1.67. The van der Waals surface area contributed by atoms with Crippen molar-refractivity contribution >= 4 is 5.96 Å². The maximum absolute atomic E-state index is 4.65. The SMILES string of the molecule is CCNC(=NCc1ccc(C)cc1)NCc1nncn1-c1ccccc1. The van der Waals surface area contributed by atoms with Gasteiger partial charge in [-0.25, -0.2) is 4.99 Å². The van der Waals surface area contributed by atoms with E-state index in [0.717, 1.165) is 24.0 Å². The lowest BCUT2D eigenvalue weighted by Gasteiger charge is -2.12. The fourth-order valence-corrected chi connectivity index (χ4v) is 2.55. The Hall–Kier alpha value is -3.15. The van der Waals surface area contributed by atoms with E-state index in [1.807, 2.05) is 34.9 Å². The van der Waals surface area contributed by atoms with Crippen LogP contribution in [0.4, 0.5) is 0 Å². The minimum Gasteiger partial charge on any atom is -0.357 e. The van der Waals surface area contributed by atoms with Crippen LogP contribution in [-0.4, -0.2) is 27.3 Å². The molecule has 0 spiro atoms. The number of hydrogen-bond acceptors (Lipinski definition) is 3. The Morgan fingerprint density at radius 2 is 1.81 bits per heavy atom. The van der Waals surface area contributed by atoms with Gasteiger partial charge in [-0.1, -0.05) is 48.0 Å². The first-order valence-corrected chi connectivity index (χ1v) is 8.78. The number of benzene rings is 2. The first kappa shape index (κ1) is 17.7. The van der Waals surface area contributed by atoms with Crippen molar-refractivity contribution < 1.29 is 0 Å². The fourth-order valence-electron chi connectivity index (χ4n) is 2.55. The highest BCUT2D eigenvalue weighted by Crippen LogP contribution is 2.08. The summed E-state index contributed by atoms with van der Waals surface area (Å²) in [7, 11) is 0. The van der Waals surface area contributed by atoms with Crippen molar-refractivity contribution in [2.24, 2.45) is 4.99 Å². The van der Waals surface area contributed by atoms with E-state index in [1.54, 1.807) is 6.33 Å². The molecule has 0 aliphatic rings. The first-order valence-electron chi connectivity index (χ1n) is 8.78. The molecule has 1 aromatic heterocycles. The highest BCUT2D eigenvalue weighted by molar-refractivity contribution is 5.79. The van der Waals surface area contributed by atoms with Crippen LogP contribution < -0.4 is 10.6 Å². The van der Waals surface area contributed by atoms with Gasteiger partial charge in [-0.3, -0.25) is 4.57 Å². The van der Waals surface area contributed by atoms with Crippen molar-refractivity contribution in [3.63, 3.8) is 0 Å². The summed E-state index contributed by atoms with van der Waals surface area (Å²) in [5.41, 5.74) is 3.47. The molecule has 0 bridgehead atoms. The van der Waals surface area contributed by atoms with Crippen LogP contribution in [0.15, 0.2) is 65.9 Å². The number of para-hydroxylation sites is 1. The second-order valence-corrected chi connectivity index (χ2v) is 5.99. The molecule has 0 aliphatic heterocycles. The molecule has 2 N–H and O–H groups in total. The minimum absolute atomic E-state index is 0.536. The van der Waals surface area contributed by atoms with Gasteiger partial charge < -0.3 is 10.6 Å². The van der Waals surface area contributed by atoms with E-state index < -0.39 is 0 Å². The van der Waals surface area contributed by atoms with Crippen molar-refractivity contribution in [1.82, 2.24) is 25.4 Å². The predicted molar refractivity (Wildman–Crippen MR) is 104 cm³/mol. The third-order valence-electron chi connectivity index (χ3n) is 3.95. The Labute approximate surface area is 154 Å². The molecule has 0 fully saturated rings. The second kappa shape index (κ2) is 8.80. The molecular weight excluding hydrogens is 324 g/mol. The molecule has 2 aromatic carbocycles. The van der Waals surface area contributed by atoms with Crippen molar-refractivity contribution in [2.45, 2.75) is 26.9 Å². The molecule has 0 radical (unpaired) electrons. The maximum Gasteiger partial charge on any atom is 0.191 e. The van der Waals surface area contributed by atoms with E-state index in [-0.39, 0.29) is 0 Å². The lowest BCUT2D eigenvalue weighted by molar-refractivity contribution is 0.756. The van der Waals surface area contributed by atoms with E-state index >= 15 is 0 Å². The highest BCUT2D eigenvalue weighted by atomic mass is 15.3. The maximum atomic E-state index is 4.65. The summed E-state index contributed by atoms with van der Waals surface area (Å²) in [5, 5.41) is 14.9. The average Bonchev–Trinajstić information content (AvgIpc) is 3.14. The molecule has 0 unspecified atom stereocenters. The summed E-state index contributed by atoms with van der Waals surface area (Å²) in [6, 6.07) is 18.5. The van der Waals surface area contributed by atoms with Gasteiger partial charge in [0.2, 0.25) is 0 Å². The molecule has 134 valence electrons. The number of aromatic nitrogens is 3. The van der Waals surface area contributed by atoms with Crippen molar-refractivity contribution in [3.8, 4) is 5.69 Å². The van der Waals surface area contributed by atoms with Gasteiger partial charge in [0, 0.05) is 12.2 Å². The van der Waals surface area contributed by atoms with Crippen LogP contribution in [0.2, 0.25) is 0 Å². The molecular formula is C20H24N6. The van der Waals surface area contributed by atoms with Gasteiger partial charge in [0.25, 0.3) is 0 Å². The Morgan fingerprint density at radius 1 is 1.04 bits per heavy atom. The molecule has 0 aliphatic carbocycles. The summed E-state index contributed by atoms with van der Waals surface area (Å²) in [6.45, 7) is 6.10. The monoisotopic (exact) mass is 348 g/mol. The number of rotatable bonds is 6. The largest absolute Gasteiger partial charge is 0.357 e. The number of aryl methyl sites for hydroxylation is 1. The van der Waals surface area contributed by atoms with Gasteiger partial charge in [-0.15, -0.1) is 10.2 Å². The zero-order valence-corrected chi connectivity index (χ0v) is 15.2. The van der Waals surface area contributed by atoms with Gasteiger partial charge in [0.05, 0.1) is 13.1 Å². The van der Waals surface area contributed by atoms with Crippen LogP contribution in [-0.2, 0) is 13.1 Å². The summed E-state index contributed by atoms with van der Waals surface area (Å²) >= 11 is 0. The van der Waals surface area contributed by atoms with Crippen LogP contribution >= 0.6 is 0 Å². The van der Waals surface area contributed by atoms with Crippen molar-refractivity contribution in [2.75, 3.05) is 6.54 Å². The standard InChI is InChI=1S/C20H24N6/c1-3-21-20(22-13-17-11-9-16(2)10-12-17)23-14-19-25-24-15-26(19)18-7-5-4-6-8-18/h4-12,15H,3,13-14H2,1-2H3,(H2,21,22,23). The van der Waals surface area contributed by atoms with Crippen LogP contribution in [0.1, 0.15) is 23.9 Å². The summed E-state index contributed by atoms with van der Waals surface area (Å²) in [4.78, 5) is 4.65.